The summed E-state index contributed by atoms with van der Waals surface area (Å²) in [5.74, 6) is -1.75. The zero-order chi connectivity index (χ0) is 24.4. The smallest absolute Gasteiger partial charge is 0.407 e. The molecular weight excluding hydrogens is 452 g/mol. The Hall–Kier alpha value is -3.43. The van der Waals surface area contributed by atoms with E-state index in [9.17, 15) is 19.5 Å². The first kappa shape index (κ1) is 23.3. The van der Waals surface area contributed by atoms with Gasteiger partial charge in [-0.1, -0.05) is 48.5 Å². The summed E-state index contributed by atoms with van der Waals surface area (Å²) < 4.78 is 16.3. The minimum Gasteiger partial charge on any atom is -0.479 e. The van der Waals surface area contributed by atoms with E-state index in [1.807, 2.05) is 24.3 Å². The number of ether oxygens (including phenoxy) is 3. The lowest BCUT2D eigenvalue weighted by atomic mass is 9.98. The maximum Gasteiger partial charge on any atom is 0.407 e. The molecule has 184 valence electrons. The molecule has 9 nitrogen and oxygen atoms in total. The summed E-state index contributed by atoms with van der Waals surface area (Å²) in [5.41, 5.74) is 4.59. The number of carboxylic acids is 1. The van der Waals surface area contributed by atoms with Crippen molar-refractivity contribution < 1.29 is 33.7 Å². The first-order valence-electron chi connectivity index (χ1n) is 11.9. The molecule has 0 saturated carbocycles. The van der Waals surface area contributed by atoms with E-state index in [1.165, 1.54) is 0 Å². The molecule has 2 saturated heterocycles. The summed E-state index contributed by atoms with van der Waals surface area (Å²) in [6.07, 6.45) is -1.34. The lowest BCUT2D eigenvalue weighted by molar-refractivity contribution is -0.148. The first-order chi connectivity index (χ1) is 17.0. The maximum absolute atomic E-state index is 12.7. The summed E-state index contributed by atoms with van der Waals surface area (Å²) in [4.78, 5) is 36.5. The molecule has 2 aliphatic heterocycles. The van der Waals surface area contributed by atoms with Gasteiger partial charge < -0.3 is 30.0 Å². The highest BCUT2D eigenvalue weighted by molar-refractivity contribution is 5.83. The van der Waals surface area contributed by atoms with Crippen LogP contribution in [0.5, 0.6) is 0 Å². The highest BCUT2D eigenvalue weighted by Crippen LogP contribution is 2.44. The normalized spacial score (nSPS) is 25.0. The van der Waals surface area contributed by atoms with Crippen molar-refractivity contribution in [2.75, 3.05) is 26.4 Å². The number of carbonyl (C=O) groups is 3. The number of benzene rings is 2. The van der Waals surface area contributed by atoms with E-state index in [0.29, 0.717) is 19.4 Å². The second-order valence-electron chi connectivity index (χ2n) is 9.08. The molecule has 0 radical (unpaired) electrons. The molecule has 4 atom stereocenters. The van der Waals surface area contributed by atoms with E-state index in [0.717, 1.165) is 22.3 Å². The van der Waals surface area contributed by atoms with Crippen LogP contribution >= 0.6 is 0 Å². The monoisotopic (exact) mass is 480 g/mol. The van der Waals surface area contributed by atoms with Crippen LogP contribution in [0.3, 0.4) is 0 Å². The molecule has 2 amide bonds. The molecule has 3 N–H and O–H groups in total. The molecule has 3 aliphatic rings. The van der Waals surface area contributed by atoms with Crippen molar-refractivity contribution in [3.63, 3.8) is 0 Å². The van der Waals surface area contributed by atoms with Crippen molar-refractivity contribution in [3.8, 4) is 11.1 Å². The lowest BCUT2D eigenvalue weighted by Crippen LogP contribution is -2.50. The fourth-order valence-corrected chi connectivity index (χ4v) is 5.24. The Morgan fingerprint density at radius 3 is 2.23 bits per heavy atom. The van der Waals surface area contributed by atoms with Gasteiger partial charge in [-0.2, -0.15) is 0 Å². The zero-order valence-electron chi connectivity index (χ0n) is 19.1. The molecule has 0 aromatic heterocycles. The van der Waals surface area contributed by atoms with E-state index in [-0.39, 0.29) is 37.5 Å². The Balaban J connectivity index is 1.14. The number of rotatable bonds is 7. The second-order valence-corrected chi connectivity index (χ2v) is 9.08. The van der Waals surface area contributed by atoms with Gasteiger partial charge in [0.15, 0.2) is 6.10 Å². The number of alkyl carbamates (subject to hydrolysis) is 1. The van der Waals surface area contributed by atoms with Gasteiger partial charge in [0.1, 0.15) is 12.7 Å². The van der Waals surface area contributed by atoms with Gasteiger partial charge >= 0.3 is 12.1 Å². The summed E-state index contributed by atoms with van der Waals surface area (Å²) in [5, 5.41) is 14.7. The van der Waals surface area contributed by atoms with Gasteiger partial charge in [-0.15, -0.1) is 0 Å². The van der Waals surface area contributed by atoms with Crippen LogP contribution in [0.4, 0.5) is 4.79 Å². The predicted octanol–water partition coefficient (Wildman–Crippen LogP) is 2.29. The van der Waals surface area contributed by atoms with Crippen molar-refractivity contribution in [1.82, 2.24) is 10.6 Å². The SMILES string of the molecule is O=C(NCC1CCOC1C(=O)NC1CCOC1C(=O)O)OCC1c2ccccc2-c2ccccc21. The summed E-state index contributed by atoms with van der Waals surface area (Å²) in [6.45, 7) is 1.10. The predicted molar refractivity (Wildman–Crippen MR) is 125 cm³/mol. The molecule has 35 heavy (non-hydrogen) atoms. The third-order valence-corrected chi connectivity index (χ3v) is 6.99. The Morgan fingerprint density at radius 2 is 1.54 bits per heavy atom. The standard InChI is InChI=1S/C26H28N2O7/c29-24(28-21-10-12-34-23(21)25(30)31)22-15(9-11-33-22)13-27-26(32)35-14-20-18-7-3-1-5-16(18)17-6-2-4-8-19(17)20/h1-8,15,20-23H,9-14H2,(H,27,32)(H,28,29)(H,30,31). The fourth-order valence-electron chi connectivity index (χ4n) is 5.24. The molecular formula is C26H28N2O7. The van der Waals surface area contributed by atoms with Crippen LogP contribution in [0.25, 0.3) is 11.1 Å². The molecule has 0 bridgehead atoms. The van der Waals surface area contributed by atoms with Gasteiger partial charge in [-0.3, -0.25) is 4.79 Å². The van der Waals surface area contributed by atoms with Crippen LogP contribution in [0.15, 0.2) is 48.5 Å². The van der Waals surface area contributed by atoms with Crippen molar-refractivity contribution in [1.29, 1.82) is 0 Å². The van der Waals surface area contributed by atoms with Crippen LogP contribution in [-0.4, -0.2) is 67.7 Å². The molecule has 4 unspecified atom stereocenters. The summed E-state index contributed by atoms with van der Waals surface area (Å²) >= 11 is 0. The van der Waals surface area contributed by atoms with Crippen LogP contribution in [0.1, 0.15) is 29.9 Å². The second kappa shape index (κ2) is 10.1. The fraction of sp³-hybridized carbons (Fsp3) is 0.423. The molecule has 1 aliphatic carbocycles. The van der Waals surface area contributed by atoms with Gasteiger partial charge in [-0.25, -0.2) is 9.59 Å². The van der Waals surface area contributed by atoms with Crippen LogP contribution in [-0.2, 0) is 23.8 Å². The molecule has 2 aromatic carbocycles. The van der Waals surface area contributed by atoms with Crippen LogP contribution in [0, 0.1) is 5.92 Å². The molecule has 9 heteroatoms. The number of carbonyl (C=O) groups excluding carboxylic acids is 2. The average Bonchev–Trinajstić information content (AvgIpc) is 3.59. The van der Waals surface area contributed by atoms with Crippen molar-refractivity contribution in [2.45, 2.75) is 37.0 Å². The lowest BCUT2D eigenvalue weighted by Gasteiger charge is -2.22. The topological polar surface area (TPSA) is 123 Å². The third-order valence-electron chi connectivity index (χ3n) is 6.99. The van der Waals surface area contributed by atoms with Crippen molar-refractivity contribution >= 4 is 18.0 Å². The summed E-state index contributed by atoms with van der Waals surface area (Å²) in [6, 6.07) is 15.7. The molecule has 2 fully saturated rings. The number of amides is 2. The van der Waals surface area contributed by atoms with E-state index >= 15 is 0 Å². The van der Waals surface area contributed by atoms with Gasteiger partial charge in [0, 0.05) is 31.6 Å². The average molecular weight is 481 g/mol. The first-order valence-corrected chi connectivity index (χ1v) is 11.9. The number of fused-ring (bicyclic) bond motifs is 3. The number of hydrogen-bond donors (Lipinski definition) is 3. The van der Waals surface area contributed by atoms with E-state index in [4.69, 9.17) is 14.2 Å². The Kier molecular flexibility index (Phi) is 6.70. The van der Waals surface area contributed by atoms with Gasteiger partial charge in [0.25, 0.3) is 0 Å². The number of nitrogens with one attached hydrogen (secondary N) is 2. The highest BCUT2D eigenvalue weighted by atomic mass is 16.5. The quantitative estimate of drug-likeness (QED) is 0.556. The molecule has 0 spiro atoms. The maximum atomic E-state index is 12.7. The highest BCUT2D eigenvalue weighted by Gasteiger charge is 2.40. The number of carboxylic acid groups (broad SMARTS) is 1. The van der Waals surface area contributed by atoms with E-state index < -0.39 is 30.3 Å². The van der Waals surface area contributed by atoms with Gasteiger partial charge in [-0.05, 0) is 35.1 Å². The Morgan fingerprint density at radius 1 is 0.914 bits per heavy atom. The third kappa shape index (κ3) is 4.74. The molecule has 2 aromatic rings. The molecule has 2 heterocycles. The van der Waals surface area contributed by atoms with Crippen LogP contribution in [0.2, 0.25) is 0 Å². The van der Waals surface area contributed by atoms with Crippen molar-refractivity contribution in [3.05, 3.63) is 59.7 Å². The van der Waals surface area contributed by atoms with Gasteiger partial charge in [0.2, 0.25) is 5.91 Å². The Bertz CT molecular complexity index is 1070. The number of hydrogen-bond acceptors (Lipinski definition) is 6. The van der Waals surface area contributed by atoms with Crippen LogP contribution < -0.4 is 10.6 Å². The van der Waals surface area contributed by atoms with Crippen molar-refractivity contribution in [2.24, 2.45) is 5.92 Å². The molecule has 5 rings (SSSR count). The number of aliphatic carboxylic acids is 1. The largest absolute Gasteiger partial charge is 0.479 e. The van der Waals surface area contributed by atoms with Gasteiger partial charge in [0.05, 0.1) is 6.04 Å². The summed E-state index contributed by atoms with van der Waals surface area (Å²) in [7, 11) is 0. The Labute approximate surface area is 202 Å². The van der Waals surface area contributed by atoms with E-state index in [2.05, 4.69) is 34.9 Å². The zero-order valence-corrected chi connectivity index (χ0v) is 19.1. The van der Waals surface area contributed by atoms with E-state index in [1.54, 1.807) is 0 Å². The minimum atomic E-state index is -1.10. The minimum absolute atomic E-state index is 0.0303.